The minimum Gasteiger partial charge on any atom is -0.512 e. The fourth-order valence-electron chi connectivity index (χ4n) is 1.26. The molecule has 0 spiro atoms. The van der Waals surface area contributed by atoms with Crippen molar-refractivity contribution >= 4 is 5.97 Å². The molecule has 3 heteroatoms. The Kier molecular flexibility index (Phi) is 2.17. The molecule has 0 aromatic carbocycles. The largest absolute Gasteiger partial charge is 0.512 e. The van der Waals surface area contributed by atoms with Gasteiger partial charge in [-0.15, -0.1) is 0 Å². The highest BCUT2D eigenvalue weighted by Gasteiger charge is 2.25. The molecule has 0 aromatic heterocycles. The smallest absolute Gasteiger partial charge is 0.337 e. The van der Waals surface area contributed by atoms with Gasteiger partial charge in [0.2, 0.25) is 0 Å². The van der Waals surface area contributed by atoms with Crippen molar-refractivity contribution in [3.8, 4) is 0 Å². The van der Waals surface area contributed by atoms with Gasteiger partial charge in [0, 0.05) is 0 Å². The number of ether oxygens (including phenoxy) is 1. The number of hydrogen-bond donors (Lipinski definition) is 1. The third kappa shape index (κ3) is 1.53. The molecule has 1 N–H and O–H groups in total. The summed E-state index contributed by atoms with van der Waals surface area (Å²) in [6.45, 7) is 3.89. The van der Waals surface area contributed by atoms with Crippen LogP contribution < -0.4 is 0 Å². The highest BCUT2D eigenvalue weighted by molar-refractivity contribution is 5.90. The van der Waals surface area contributed by atoms with E-state index in [1.165, 1.54) is 6.92 Å². The molecule has 0 aliphatic carbocycles. The summed E-state index contributed by atoms with van der Waals surface area (Å²) in [5.74, 6) is -0.160. The van der Waals surface area contributed by atoms with Crippen molar-refractivity contribution in [2.75, 3.05) is 6.61 Å². The first-order valence-corrected chi connectivity index (χ1v) is 3.69. The summed E-state index contributed by atoms with van der Waals surface area (Å²) in [7, 11) is 0. The van der Waals surface area contributed by atoms with Crippen molar-refractivity contribution in [3.05, 3.63) is 11.3 Å². The average Bonchev–Trinajstić information content (AvgIpc) is 1.85. The molecule has 1 heterocycles. The summed E-state index contributed by atoms with van der Waals surface area (Å²) < 4.78 is 4.77. The number of aliphatic hydroxyl groups excluding tert-OH is 1. The van der Waals surface area contributed by atoms with Gasteiger partial charge in [-0.1, -0.05) is 6.92 Å². The zero-order valence-corrected chi connectivity index (χ0v) is 6.76. The zero-order chi connectivity index (χ0) is 8.43. The van der Waals surface area contributed by atoms with E-state index < -0.39 is 0 Å². The topological polar surface area (TPSA) is 46.5 Å². The second kappa shape index (κ2) is 2.95. The molecule has 0 unspecified atom stereocenters. The van der Waals surface area contributed by atoms with E-state index in [2.05, 4.69) is 0 Å². The van der Waals surface area contributed by atoms with Crippen molar-refractivity contribution < 1.29 is 14.6 Å². The Hall–Kier alpha value is -0.990. The van der Waals surface area contributed by atoms with Crippen LogP contribution in [0.4, 0.5) is 0 Å². The molecule has 1 rings (SSSR count). The molecule has 0 amide bonds. The zero-order valence-electron chi connectivity index (χ0n) is 6.76. The van der Waals surface area contributed by atoms with Crippen LogP contribution in [0.5, 0.6) is 0 Å². The van der Waals surface area contributed by atoms with Crippen LogP contribution in [0, 0.1) is 5.92 Å². The van der Waals surface area contributed by atoms with E-state index in [0.717, 1.165) is 6.42 Å². The van der Waals surface area contributed by atoms with Crippen LogP contribution >= 0.6 is 0 Å². The quantitative estimate of drug-likeness (QED) is 0.327. The van der Waals surface area contributed by atoms with E-state index in [0.29, 0.717) is 12.2 Å². The van der Waals surface area contributed by atoms with E-state index >= 15 is 0 Å². The summed E-state index contributed by atoms with van der Waals surface area (Å²) in [6, 6.07) is 0. The maximum Gasteiger partial charge on any atom is 0.337 e. The first-order chi connectivity index (χ1) is 5.13. The summed E-state index contributed by atoms with van der Waals surface area (Å²) >= 11 is 0. The van der Waals surface area contributed by atoms with Gasteiger partial charge in [-0.05, 0) is 19.3 Å². The molecule has 1 aliphatic heterocycles. The third-order valence-electron chi connectivity index (χ3n) is 1.89. The number of rotatable bonds is 0. The fraction of sp³-hybridized carbons (Fsp3) is 0.625. The molecule has 0 saturated carbocycles. The molecular formula is C8H12O3. The Morgan fingerprint density at radius 1 is 1.73 bits per heavy atom. The lowest BCUT2D eigenvalue weighted by Crippen LogP contribution is -2.23. The van der Waals surface area contributed by atoms with Gasteiger partial charge in [0.25, 0.3) is 0 Å². The number of esters is 1. The van der Waals surface area contributed by atoms with Crippen molar-refractivity contribution in [2.45, 2.75) is 20.3 Å². The van der Waals surface area contributed by atoms with Crippen molar-refractivity contribution in [1.29, 1.82) is 0 Å². The van der Waals surface area contributed by atoms with Gasteiger partial charge in [-0.2, -0.15) is 0 Å². The number of allylic oxidation sites excluding steroid dienone is 1. The van der Waals surface area contributed by atoms with Crippen LogP contribution in [0.15, 0.2) is 11.3 Å². The van der Waals surface area contributed by atoms with Crippen molar-refractivity contribution in [1.82, 2.24) is 0 Å². The number of cyclic esters (lactones) is 1. The lowest BCUT2D eigenvalue weighted by atomic mass is 9.95. The summed E-state index contributed by atoms with van der Waals surface area (Å²) in [5.41, 5.74) is 0.427. The lowest BCUT2D eigenvalue weighted by molar-refractivity contribution is -0.142. The van der Waals surface area contributed by atoms with Crippen LogP contribution in [0.1, 0.15) is 20.3 Å². The van der Waals surface area contributed by atoms with Crippen molar-refractivity contribution in [3.63, 3.8) is 0 Å². The molecule has 1 saturated heterocycles. The normalized spacial score (nSPS) is 29.6. The molecule has 11 heavy (non-hydrogen) atoms. The molecular weight excluding hydrogens is 144 g/mol. The maximum atomic E-state index is 11.0. The van der Waals surface area contributed by atoms with E-state index in [-0.39, 0.29) is 17.6 Å². The Morgan fingerprint density at radius 2 is 2.36 bits per heavy atom. The molecule has 0 aromatic rings. The summed E-state index contributed by atoms with van der Waals surface area (Å²) in [6.07, 6.45) is 0.805. The van der Waals surface area contributed by atoms with Crippen molar-refractivity contribution in [2.24, 2.45) is 5.92 Å². The van der Waals surface area contributed by atoms with Gasteiger partial charge in [-0.25, -0.2) is 4.79 Å². The molecule has 0 radical (unpaired) electrons. The lowest BCUT2D eigenvalue weighted by Gasteiger charge is -2.20. The second-order valence-corrected chi connectivity index (χ2v) is 2.82. The standard InChI is InChI=1S/C8H12O3/c1-5-3-4-11-8(10)7(5)6(2)9/h5,9H,3-4H2,1-2H3/b7-6-/t5-/m1/s1. The van der Waals surface area contributed by atoms with Gasteiger partial charge >= 0.3 is 5.97 Å². The second-order valence-electron chi connectivity index (χ2n) is 2.82. The predicted octanol–water partition coefficient (Wildman–Crippen LogP) is 1.40. The van der Waals surface area contributed by atoms with Gasteiger partial charge in [0.05, 0.1) is 17.9 Å². The van der Waals surface area contributed by atoms with Crippen LogP contribution in [-0.2, 0) is 9.53 Å². The summed E-state index contributed by atoms with van der Waals surface area (Å²) in [4.78, 5) is 11.0. The van der Waals surface area contributed by atoms with E-state index in [4.69, 9.17) is 9.84 Å². The van der Waals surface area contributed by atoms with E-state index in [9.17, 15) is 4.79 Å². The van der Waals surface area contributed by atoms with E-state index in [1.54, 1.807) is 0 Å². The first-order valence-electron chi connectivity index (χ1n) is 3.69. The molecule has 3 nitrogen and oxygen atoms in total. The number of carbonyl (C=O) groups excluding carboxylic acids is 1. The average molecular weight is 156 g/mol. The van der Waals surface area contributed by atoms with Crippen LogP contribution in [0.3, 0.4) is 0 Å². The maximum absolute atomic E-state index is 11.0. The molecule has 62 valence electrons. The molecule has 1 fully saturated rings. The van der Waals surface area contributed by atoms with E-state index in [1.807, 2.05) is 6.92 Å². The predicted molar refractivity (Wildman–Crippen MR) is 40.1 cm³/mol. The molecule has 1 aliphatic rings. The van der Waals surface area contributed by atoms with Crippen LogP contribution in [-0.4, -0.2) is 17.7 Å². The van der Waals surface area contributed by atoms with Gasteiger partial charge in [0.1, 0.15) is 0 Å². The highest BCUT2D eigenvalue weighted by atomic mass is 16.5. The van der Waals surface area contributed by atoms with Crippen LogP contribution in [0.2, 0.25) is 0 Å². The Labute approximate surface area is 65.7 Å². The third-order valence-corrected chi connectivity index (χ3v) is 1.89. The minimum atomic E-state index is -0.372. The van der Waals surface area contributed by atoms with Gasteiger partial charge < -0.3 is 9.84 Å². The number of aliphatic hydroxyl groups is 1. The first kappa shape index (κ1) is 8.11. The Balaban J connectivity index is 2.88. The fourth-order valence-corrected chi connectivity index (χ4v) is 1.26. The summed E-state index contributed by atoms with van der Waals surface area (Å²) in [5, 5.41) is 9.10. The van der Waals surface area contributed by atoms with Crippen LogP contribution in [0.25, 0.3) is 0 Å². The number of hydrogen-bond acceptors (Lipinski definition) is 3. The Morgan fingerprint density at radius 3 is 2.73 bits per heavy atom. The number of carbonyl (C=O) groups is 1. The van der Waals surface area contributed by atoms with Gasteiger partial charge in [0.15, 0.2) is 0 Å². The molecule has 1 atom stereocenters. The minimum absolute atomic E-state index is 0.0854. The van der Waals surface area contributed by atoms with Gasteiger partial charge in [-0.3, -0.25) is 0 Å². The Bertz CT molecular complexity index is 201. The monoisotopic (exact) mass is 156 g/mol. The SMILES string of the molecule is C/C(O)=C1/C(=O)OCC[C@H]1C. The molecule has 0 bridgehead atoms. The highest BCUT2D eigenvalue weighted by Crippen LogP contribution is 2.23.